The minimum atomic E-state index is -0.888. The Morgan fingerprint density at radius 1 is 1.16 bits per heavy atom. The molecule has 3 rings (SSSR count). The third-order valence-electron chi connectivity index (χ3n) is 5.39. The van der Waals surface area contributed by atoms with Gasteiger partial charge in [-0.2, -0.15) is 0 Å². The standard InChI is InChI=1S/C22H22Cl2IN5O2/c23-15-5-4-6-16(13-15)28-20(31)19(24)18(14-26)29-11-9-22(10-12-29,21(27)32)30(25)17-7-2-1-3-8-17/h1-8,13-14,26H,9-12H2,(H2,27,32)(H,28,31)/b19-18-,26-14?. The highest BCUT2D eigenvalue weighted by molar-refractivity contribution is 14.1. The summed E-state index contributed by atoms with van der Waals surface area (Å²) >= 11 is 14.4. The molecular weight excluding hydrogens is 564 g/mol. The topological polar surface area (TPSA) is 103 Å². The van der Waals surface area contributed by atoms with E-state index >= 15 is 0 Å². The predicted octanol–water partition coefficient (Wildman–Crippen LogP) is 4.55. The van der Waals surface area contributed by atoms with Gasteiger partial charge in [0.2, 0.25) is 5.91 Å². The second-order valence-electron chi connectivity index (χ2n) is 7.31. The first-order valence-electron chi connectivity index (χ1n) is 9.81. The Hall–Kier alpha value is -2.30. The molecule has 0 aromatic heterocycles. The molecule has 7 nitrogen and oxygen atoms in total. The van der Waals surface area contributed by atoms with Crippen LogP contribution in [-0.2, 0) is 9.59 Å². The third kappa shape index (κ3) is 5.19. The second-order valence-corrected chi connectivity index (χ2v) is 9.09. The van der Waals surface area contributed by atoms with Crippen molar-refractivity contribution in [2.45, 2.75) is 18.4 Å². The summed E-state index contributed by atoms with van der Waals surface area (Å²) in [4.78, 5) is 27.0. The van der Waals surface area contributed by atoms with E-state index in [4.69, 9.17) is 34.3 Å². The van der Waals surface area contributed by atoms with E-state index in [2.05, 4.69) is 28.2 Å². The quantitative estimate of drug-likeness (QED) is 0.192. The number of carbonyl (C=O) groups is 2. The molecule has 2 aromatic carbocycles. The minimum Gasteiger partial charge on any atom is -0.369 e. The number of nitrogens with zero attached hydrogens (tertiary/aromatic N) is 2. The van der Waals surface area contributed by atoms with Crippen molar-refractivity contribution in [3.63, 3.8) is 0 Å². The molecule has 4 N–H and O–H groups in total. The molecule has 32 heavy (non-hydrogen) atoms. The summed E-state index contributed by atoms with van der Waals surface area (Å²) in [6.07, 6.45) is 1.88. The van der Waals surface area contributed by atoms with Gasteiger partial charge in [0.05, 0.1) is 28.6 Å². The molecule has 1 aliphatic heterocycles. The smallest absolute Gasteiger partial charge is 0.269 e. The molecule has 0 saturated carbocycles. The first kappa shape index (κ1) is 24.3. The maximum Gasteiger partial charge on any atom is 0.269 e. The number of primary amides is 1. The number of halogens is 3. The molecule has 0 radical (unpaired) electrons. The Balaban J connectivity index is 1.78. The number of rotatable bonds is 7. The number of nitrogens with one attached hydrogen (secondary N) is 2. The van der Waals surface area contributed by atoms with Crippen LogP contribution in [-0.4, -0.2) is 41.6 Å². The lowest BCUT2D eigenvalue weighted by molar-refractivity contribution is -0.124. The highest BCUT2D eigenvalue weighted by Crippen LogP contribution is 2.37. The second kappa shape index (κ2) is 10.5. The fourth-order valence-electron chi connectivity index (χ4n) is 3.62. The molecule has 0 spiro atoms. The number of amides is 2. The lowest BCUT2D eigenvalue weighted by Gasteiger charge is -2.45. The van der Waals surface area contributed by atoms with Gasteiger partial charge in [-0.1, -0.05) is 47.5 Å². The van der Waals surface area contributed by atoms with Gasteiger partial charge in [-0.05, 0) is 43.2 Å². The molecule has 0 atom stereocenters. The Bertz CT molecular complexity index is 1040. The largest absolute Gasteiger partial charge is 0.369 e. The maximum atomic E-state index is 12.6. The fourth-order valence-corrected chi connectivity index (χ4v) is 5.08. The molecule has 0 bridgehead atoms. The molecule has 1 heterocycles. The molecule has 1 fully saturated rings. The molecule has 10 heteroatoms. The first-order chi connectivity index (χ1) is 15.3. The summed E-state index contributed by atoms with van der Waals surface area (Å²) in [5.41, 5.74) is 6.61. The molecule has 1 aliphatic rings. The maximum absolute atomic E-state index is 12.6. The van der Waals surface area contributed by atoms with Gasteiger partial charge in [-0.3, -0.25) is 12.7 Å². The van der Waals surface area contributed by atoms with Crippen molar-refractivity contribution in [1.29, 1.82) is 5.41 Å². The molecule has 2 aromatic rings. The van der Waals surface area contributed by atoms with Crippen molar-refractivity contribution in [3.05, 3.63) is 70.3 Å². The lowest BCUT2D eigenvalue weighted by atomic mass is 9.86. The fraction of sp³-hybridized carbons (Fsp3) is 0.227. The number of benzene rings is 2. The van der Waals surface area contributed by atoms with Crippen molar-refractivity contribution >= 4 is 75.5 Å². The summed E-state index contributed by atoms with van der Waals surface area (Å²) in [5, 5.41) is 10.9. The molecular formula is C22H22Cl2IN5O2. The van der Waals surface area contributed by atoms with E-state index in [1.807, 2.05) is 38.3 Å². The average molecular weight is 586 g/mol. The van der Waals surface area contributed by atoms with Crippen LogP contribution in [0.1, 0.15) is 12.8 Å². The predicted molar refractivity (Wildman–Crippen MR) is 137 cm³/mol. The number of allylic oxidation sites excluding steroid dienone is 1. The highest BCUT2D eigenvalue weighted by Gasteiger charge is 2.45. The number of piperidine rings is 1. The molecule has 2 amide bonds. The summed E-state index contributed by atoms with van der Waals surface area (Å²) in [6, 6.07) is 16.3. The Morgan fingerprint density at radius 2 is 1.81 bits per heavy atom. The minimum absolute atomic E-state index is 0.110. The van der Waals surface area contributed by atoms with E-state index < -0.39 is 17.4 Å². The first-order valence-corrected chi connectivity index (χ1v) is 11.5. The Morgan fingerprint density at radius 3 is 2.38 bits per heavy atom. The normalized spacial score (nSPS) is 16.0. The SMILES string of the molecule is N=C/C(=C(/Cl)C(=O)Nc1cccc(Cl)c1)N1CCC(C(N)=O)(N(I)c2ccccc2)CC1. The van der Waals surface area contributed by atoms with Crippen molar-refractivity contribution in [2.75, 3.05) is 21.5 Å². The third-order valence-corrected chi connectivity index (χ3v) is 7.47. The van der Waals surface area contributed by atoms with E-state index in [0.29, 0.717) is 36.6 Å². The molecule has 0 aliphatic carbocycles. The summed E-state index contributed by atoms with van der Waals surface area (Å²) in [5.74, 6) is -0.959. The molecule has 168 valence electrons. The van der Waals surface area contributed by atoms with Crippen LogP contribution in [0.5, 0.6) is 0 Å². The van der Waals surface area contributed by atoms with E-state index in [-0.39, 0.29) is 10.7 Å². The molecule has 0 unspecified atom stereocenters. The van der Waals surface area contributed by atoms with Gasteiger partial charge in [-0.25, -0.2) is 0 Å². The number of carbonyl (C=O) groups excluding carboxylic acids is 2. The zero-order valence-corrected chi connectivity index (χ0v) is 20.7. The van der Waals surface area contributed by atoms with Gasteiger partial charge in [0.25, 0.3) is 5.91 Å². The van der Waals surface area contributed by atoms with E-state index in [1.54, 1.807) is 24.3 Å². The van der Waals surface area contributed by atoms with Crippen molar-refractivity contribution in [1.82, 2.24) is 4.90 Å². The van der Waals surface area contributed by atoms with E-state index in [0.717, 1.165) is 11.9 Å². The van der Waals surface area contributed by atoms with Crippen LogP contribution in [0.25, 0.3) is 0 Å². The number of hydrogen-bond donors (Lipinski definition) is 3. The number of anilines is 2. The summed E-state index contributed by atoms with van der Waals surface area (Å²) in [7, 11) is 0. The van der Waals surface area contributed by atoms with E-state index in [9.17, 15) is 9.59 Å². The van der Waals surface area contributed by atoms with Crippen molar-refractivity contribution in [2.24, 2.45) is 5.73 Å². The summed E-state index contributed by atoms with van der Waals surface area (Å²) in [6.45, 7) is 0.807. The van der Waals surface area contributed by atoms with Crippen molar-refractivity contribution in [3.8, 4) is 0 Å². The summed E-state index contributed by atoms with van der Waals surface area (Å²) < 4.78 is 1.88. The van der Waals surface area contributed by atoms with Gasteiger partial charge in [0.15, 0.2) is 0 Å². The van der Waals surface area contributed by atoms with Crippen LogP contribution in [0.4, 0.5) is 11.4 Å². The number of likely N-dealkylation sites (tertiary alicyclic amines) is 1. The van der Waals surface area contributed by atoms with Crippen LogP contribution in [0.15, 0.2) is 65.3 Å². The van der Waals surface area contributed by atoms with Crippen LogP contribution in [0.3, 0.4) is 0 Å². The van der Waals surface area contributed by atoms with Gasteiger partial charge >= 0.3 is 0 Å². The monoisotopic (exact) mass is 585 g/mol. The Labute approximate surface area is 210 Å². The van der Waals surface area contributed by atoms with Gasteiger partial charge in [0, 0.05) is 35.7 Å². The number of nitrogens with two attached hydrogens (primary N) is 1. The van der Waals surface area contributed by atoms with Crippen LogP contribution in [0, 0.1) is 5.41 Å². The zero-order valence-electron chi connectivity index (χ0n) is 17.0. The number of hydrogen-bond acceptors (Lipinski definition) is 5. The van der Waals surface area contributed by atoms with Gasteiger partial charge in [0.1, 0.15) is 10.6 Å². The average Bonchev–Trinajstić information content (AvgIpc) is 2.80. The van der Waals surface area contributed by atoms with Gasteiger partial charge in [-0.15, -0.1) is 0 Å². The van der Waals surface area contributed by atoms with Gasteiger partial charge < -0.3 is 21.4 Å². The van der Waals surface area contributed by atoms with Crippen LogP contribution < -0.4 is 14.2 Å². The lowest BCUT2D eigenvalue weighted by Crippen LogP contribution is -2.59. The molecule has 1 saturated heterocycles. The highest BCUT2D eigenvalue weighted by atomic mass is 127. The van der Waals surface area contributed by atoms with Crippen LogP contribution >= 0.6 is 46.1 Å². The Kier molecular flexibility index (Phi) is 8.02. The van der Waals surface area contributed by atoms with Crippen molar-refractivity contribution < 1.29 is 9.59 Å². The van der Waals surface area contributed by atoms with Crippen LogP contribution in [0.2, 0.25) is 5.02 Å². The number of para-hydroxylation sites is 1. The zero-order chi connectivity index (χ0) is 23.3. The van der Waals surface area contributed by atoms with E-state index in [1.165, 1.54) is 0 Å².